The lowest BCUT2D eigenvalue weighted by atomic mass is 9.42. The van der Waals surface area contributed by atoms with E-state index >= 15 is 0 Å². The number of rotatable bonds is 4. The van der Waals surface area contributed by atoms with Crippen LogP contribution in [-0.4, -0.2) is 6.71 Å². The fourth-order valence-corrected chi connectivity index (χ4v) is 2.10. The monoisotopic (exact) mass is 278 g/mol. The summed E-state index contributed by atoms with van der Waals surface area (Å²) in [5.74, 6) is 0.395. The summed E-state index contributed by atoms with van der Waals surface area (Å²) in [5, 5.41) is 0. The molecule has 0 aliphatic heterocycles. The molecule has 1 aromatic rings. The number of halogens is 2. The van der Waals surface area contributed by atoms with Crippen LogP contribution in [0.1, 0.15) is 40.2 Å². The fraction of sp³-hybridized carbons (Fsp3) is 0.529. The van der Waals surface area contributed by atoms with Crippen LogP contribution in [0, 0.1) is 22.5 Å². The second kappa shape index (κ2) is 6.11. The summed E-state index contributed by atoms with van der Waals surface area (Å²) in [6.07, 6.45) is 2.69. The van der Waals surface area contributed by atoms with Gasteiger partial charge in [0.1, 0.15) is 0 Å². The first-order valence-electron chi connectivity index (χ1n) is 7.17. The van der Waals surface area contributed by atoms with Crippen LogP contribution in [0.4, 0.5) is 8.78 Å². The van der Waals surface area contributed by atoms with Gasteiger partial charge in [-0.05, 0) is 16.9 Å². The maximum Gasteiger partial charge on any atom is 0.165 e. The second-order valence-corrected chi connectivity index (χ2v) is 7.32. The van der Waals surface area contributed by atoms with Crippen molar-refractivity contribution in [1.29, 1.82) is 0 Å². The minimum atomic E-state index is -0.796. The molecule has 0 spiro atoms. The Hall–Kier alpha value is -1.12. The molecule has 0 saturated carbocycles. The molecule has 0 N–H and O–H groups in total. The van der Waals surface area contributed by atoms with Crippen LogP contribution in [0.3, 0.4) is 0 Å². The molecule has 1 aromatic carbocycles. The molecule has 0 aliphatic carbocycles. The fourth-order valence-electron chi connectivity index (χ4n) is 2.10. The second-order valence-electron chi connectivity index (χ2n) is 7.32. The molecule has 0 aromatic heterocycles. The first kappa shape index (κ1) is 16.9. The summed E-state index contributed by atoms with van der Waals surface area (Å²) in [6, 6.07) is 4.26. The Morgan fingerprint density at radius 2 is 1.70 bits per heavy atom. The van der Waals surface area contributed by atoms with Gasteiger partial charge in [0.25, 0.3) is 0 Å². The Labute approximate surface area is 122 Å². The summed E-state index contributed by atoms with van der Waals surface area (Å²) < 4.78 is 26.7. The van der Waals surface area contributed by atoms with Crippen LogP contribution in [0.2, 0.25) is 13.1 Å². The van der Waals surface area contributed by atoms with E-state index in [4.69, 9.17) is 0 Å². The van der Waals surface area contributed by atoms with E-state index in [1.165, 1.54) is 6.07 Å². The molecular weight excluding hydrogens is 253 g/mol. The molecule has 0 fully saturated rings. The predicted octanol–water partition coefficient (Wildman–Crippen LogP) is 5.71. The van der Waals surface area contributed by atoms with Crippen molar-refractivity contribution in [2.45, 2.75) is 47.8 Å². The molecule has 0 amide bonds. The van der Waals surface area contributed by atoms with Crippen LogP contribution in [-0.2, 0) is 0 Å². The van der Waals surface area contributed by atoms with Gasteiger partial charge in [-0.25, -0.2) is 8.78 Å². The Morgan fingerprint density at radius 1 is 1.10 bits per heavy atom. The first-order valence-corrected chi connectivity index (χ1v) is 7.17. The SMILES string of the molecule is CB(/C=C/c1cccc(F)c1F)CC(C)(C)C(C)(C)C. The molecule has 0 saturated heterocycles. The predicted molar refractivity (Wildman–Crippen MR) is 85.1 cm³/mol. The molecule has 0 aliphatic rings. The van der Waals surface area contributed by atoms with Crippen LogP contribution in [0.25, 0.3) is 6.08 Å². The average molecular weight is 278 g/mol. The van der Waals surface area contributed by atoms with Crippen molar-refractivity contribution in [3.63, 3.8) is 0 Å². The van der Waals surface area contributed by atoms with Crippen molar-refractivity contribution in [3.05, 3.63) is 41.4 Å². The zero-order valence-electron chi connectivity index (χ0n) is 13.4. The van der Waals surface area contributed by atoms with Gasteiger partial charge in [-0.1, -0.05) is 66.0 Å². The normalized spacial score (nSPS) is 13.0. The van der Waals surface area contributed by atoms with Crippen molar-refractivity contribution in [2.75, 3.05) is 0 Å². The van der Waals surface area contributed by atoms with Crippen molar-refractivity contribution in [2.24, 2.45) is 10.8 Å². The number of hydrogen-bond donors (Lipinski definition) is 0. The van der Waals surface area contributed by atoms with Gasteiger partial charge in [0.05, 0.1) is 0 Å². The lowest BCUT2D eigenvalue weighted by molar-refractivity contribution is 0.156. The molecule has 0 radical (unpaired) electrons. The highest BCUT2D eigenvalue weighted by Gasteiger charge is 2.33. The molecule has 3 heteroatoms. The Kier molecular flexibility index (Phi) is 5.18. The van der Waals surface area contributed by atoms with E-state index < -0.39 is 11.6 Å². The Bertz CT molecular complexity index is 484. The maximum absolute atomic E-state index is 13.6. The Morgan fingerprint density at radius 3 is 2.25 bits per heavy atom. The molecule has 110 valence electrons. The third-order valence-corrected chi connectivity index (χ3v) is 4.45. The van der Waals surface area contributed by atoms with E-state index in [1.54, 1.807) is 12.1 Å². The van der Waals surface area contributed by atoms with Crippen molar-refractivity contribution >= 4 is 12.8 Å². The highest BCUT2D eigenvalue weighted by Crippen LogP contribution is 2.42. The van der Waals surface area contributed by atoms with Crippen LogP contribution < -0.4 is 0 Å². The van der Waals surface area contributed by atoms with Gasteiger partial charge >= 0.3 is 0 Å². The van der Waals surface area contributed by atoms with Gasteiger partial charge in [-0.15, -0.1) is 5.98 Å². The molecule has 0 nitrogen and oxygen atoms in total. The van der Waals surface area contributed by atoms with Crippen molar-refractivity contribution in [3.8, 4) is 0 Å². The van der Waals surface area contributed by atoms with E-state index in [1.807, 2.05) is 5.98 Å². The first-order chi connectivity index (χ1) is 9.04. The summed E-state index contributed by atoms with van der Waals surface area (Å²) in [4.78, 5) is 0. The van der Waals surface area contributed by atoms with Gasteiger partial charge in [0.2, 0.25) is 0 Å². The van der Waals surface area contributed by atoms with Gasteiger partial charge < -0.3 is 0 Å². The highest BCUT2D eigenvalue weighted by molar-refractivity contribution is 6.63. The summed E-state index contributed by atoms with van der Waals surface area (Å²) in [7, 11) is 0. The van der Waals surface area contributed by atoms with Gasteiger partial charge in [-0.2, -0.15) is 0 Å². The smallest absolute Gasteiger partial charge is 0.165 e. The standard InChI is InChI=1S/C17H25BF2/c1-16(2,3)17(4,5)12-18(6)11-10-13-8-7-9-14(19)15(13)20/h7-11H,12H2,1-6H3/b11-10+. The molecular formula is C17H25BF2. The third-order valence-electron chi connectivity index (χ3n) is 4.45. The molecule has 1 rings (SSSR count). The maximum atomic E-state index is 13.6. The molecule has 0 heterocycles. The van der Waals surface area contributed by atoms with E-state index in [9.17, 15) is 8.78 Å². The van der Waals surface area contributed by atoms with Crippen LogP contribution in [0.15, 0.2) is 24.2 Å². The highest BCUT2D eigenvalue weighted by atomic mass is 19.2. The largest absolute Gasteiger partial charge is 0.204 e. The summed E-state index contributed by atoms with van der Waals surface area (Å²) in [6.45, 7) is 13.6. The van der Waals surface area contributed by atoms with E-state index in [-0.39, 0.29) is 10.8 Å². The van der Waals surface area contributed by atoms with Gasteiger partial charge in [0, 0.05) is 5.56 Å². The van der Waals surface area contributed by atoms with Crippen LogP contribution >= 0.6 is 0 Å². The molecule has 0 atom stereocenters. The topological polar surface area (TPSA) is 0 Å². The summed E-state index contributed by atoms with van der Waals surface area (Å²) in [5.41, 5.74) is 0.696. The summed E-state index contributed by atoms with van der Waals surface area (Å²) >= 11 is 0. The quantitative estimate of drug-likeness (QED) is 0.618. The minimum absolute atomic E-state index is 0.178. The lowest BCUT2D eigenvalue weighted by Crippen LogP contribution is -2.32. The number of hydrogen-bond acceptors (Lipinski definition) is 0. The van der Waals surface area contributed by atoms with Gasteiger partial charge in [0.15, 0.2) is 18.3 Å². The van der Waals surface area contributed by atoms with Crippen molar-refractivity contribution in [1.82, 2.24) is 0 Å². The van der Waals surface area contributed by atoms with Crippen molar-refractivity contribution < 1.29 is 8.78 Å². The van der Waals surface area contributed by atoms with E-state index in [0.29, 0.717) is 12.3 Å². The lowest BCUT2D eigenvalue weighted by Gasteiger charge is -2.40. The zero-order valence-corrected chi connectivity index (χ0v) is 13.4. The van der Waals surface area contributed by atoms with E-state index in [2.05, 4.69) is 41.4 Å². The average Bonchev–Trinajstić information content (AvgIpc) is 2.29. The van der Waals surface area contributed by atoms with Crippen LogP contribution in [0.5, 0.6) is 0 Å². The molecule has 0 unspecified atom stereocenters. The zero-order chi connectivity index (χ0) is 15.6. The molecule has 20 heavy (non-hydrogen) atoms. The Balaban J connectivity index is 2.79. The third kappa shape index (κ3) is 4.19. The minimum Gasteiger partial charge on any atom is -0.204 e. The van der Waals surface area contributed by atoms with E-state index in [0.717, 1.165) is 12.4 Å². The molecule has 0 bridgehead atoms. The van der Waals surface area contributed by atoms with Gasteiger partial charge in [-0.3, -0.25) is 0 Å². The number of benzene rings is 1.